The van der Waals surface area contributed by atoms with Crippen molar-refractivity contribution in [2.75, 3.05) is 10.2 Å². The summed E-state index contributed by atoms with van der Waals surface area (Å²) in [4.78, 5) is 2.36. The summed E-state index contributed by atoms with van der Waals surface area (Å²) >= 11 is 0. The van der Waals surface area contributed by atoms with Gasteiger partial charge in [-0.2, -0.15) is 0 Å². The average molecular weight is 602 g/mol. The van der Waals surface area contributed by atoms with Gasteiger partial charge in [-0.1, -0.05) is 103 Å². The van der Waals surface area contributed by atoms with Crippen molar-refractivity contribution in [3.63, 3.8) is 0 Å². The maximum Gasteiger partial charge on any atom is 0.198 e. The van der Waals surface area contributed by atoms with Crippen molar-refractivity contribution in [2.24, 2.45) is 0 Å². The van der Waals surface area contributed by atoms with E-state index in [9.17, 15) is 0 Å². The molecule has 0 radical (unpaired) electrons. The number of rotatable bonds is 4. The van der Waals surface area contributed by atoms with Crippen LogP contribution >= 0.6 is 0 Å². The fraction of sp³-hybridized carbons (Fsp3) is 0. The minimum atomic E-state index is 0.827. The molecule has 4 nitrogen and oxygen atoms in total. The zero-order valence-electron chi connectivity index (χ0n) is 25.5. The Bertz CT molecular complexity index is 2470. The van der Waals surface area contributed by atoms with Gasteiger partial charge in [0.05, 0.1) is 16.9 Å². The molecule has 47 heavy (non-hydrogen) atoms. The third kappa shape index (κ3) is 3.96. The highest BCUT2D eigenvalue weighted by molar-refractivity contribution is 6.73. The number of nitrogens with one attached hydrogen (secondary N) is 1. The highest BCUT2D eigenvalue weighted by atomic mass is 16.5. The van der Waals surface area contributed by atoms with Crippen LogP contribution < -0.4 is 25.9 Å². The van der Waals surface area contributed by atoms with Crippen molar-refractivity contribution >= 4 is 68.4 Å². The molecular formula is C42H28BN3O. The zero-order chi connectivity index (χ0) is 30.9. The van der Waals surface area contributed by atoms with Gasteiger partial charge in [-0.25, -0.2) is 0 Å². The normalized spacial score (nSPS) is 12.3. The number of benzene rings is 7. The second kappa shape index (κ2) is 10.2. The summed E-state index contributed by atoms with van der Waals surface area (Å²) in [5.41, 5.74) is 13.9. The Kier molecular flexibility index (Phi) is 5.63. The maximum absolute atomic E-state index is 6.47. The van der Waals surface area contributed by atoms with Gasteiger partial charge >= 0.3 is 0 Å². The third-order valence-corrected chi connectivity index (χ3v) is 9.57. The predicted molar refractivity (Wildman–Crippen MR) is 197 cm³/mol. The highest BCUT2D eigenvalue weighted by Gasteiger charge is 2.29. The standard InChI is InChI=1S/C42H28BN3O/c1-3-13-27(14-4-1)45(28-15-5-2-6-16-28)29-25-33(31-18-12-24-39-41(31)44-35-21-8-10-23-38(35)47-39)40-37(26-29)46-36-22-9-7-17-30(36)32-19-11-20-34(43-40)42(32)46/h1-26,43-44H. The Morgan fingerprint density at radius 1 is 0.553 bits per heavy atom. The minimum Gasteiger partial charge on any atom is -0.453 e. The molecule has 10 rings (SSSR count). The summed E-state index contributed by atoms with van der Waals surface area (Å²) in [7, 11) is 0.830. The Labute approximate surface area is 273 Å². The van der Waals surface area contributed by atoms with Gasteiger partial charge in [0.25, 0.3) is 0 Å². The van der Waals surface area contributed by atoms with Gasteiger partial charge < -0.3 is 19.5 Å². The van der Waals surface area contributed by atoms with Crippen molar-refractivity contribution in [3.8, 4) is 28.3 Å². The van der Waals surface area contributed by atoms with Crippen molar-refractivity contribution < 1.29 is 4.74 Å². The first-order valence-corrected chi connectivity index (χ1v) is 16.1. The maximum atomic E-state index is 6.47. The van der Waals surface area contributed by atoms with Crippen LogP contribution in [-0.4, -0.2) is 11.8 Å². The predicted octanol–water partition coefficient (Wildman–Crippen LogP) is 9.47. The van der Waals surface area contributed by atoms with E-state index >= 15 is 0 Å². The average Bonchev–Trinajstić information content (AvgIpc) is 3.47. The number of anilines is 5. The van der Waals surface area contributed by atoms with Gasteiger partial charge in [-0.3, -0.25) is 0 Å². The van der Waals surface area contributed by atoms with Gasteiger partial charge in [0.1, 0.15) is 0 Å². The van der Waals surface area contributed by atoms with Crippen LogP contribution in [0.25, 0.3) is 38.6 Å². The number of ether oxygens (including phenoxy) is 1. The summed E-state index contributed by atoms with van der Waals surface area (Å²) in [6, 6.07) is 56.1. The molecule has 0 fully saturated rings. The molecule has 8 aromatic rings. The molecule has 0 bridgehead atoms. The summed E-state index contributed by atoms with van der Waals surface area (Å²) in [5.74, 6) is 1.66. The first-order chi connectivity index (χ1) is 23.3. The van der Waals surface area contributed by atoms with Crippen LogP contribution in [0.1, 0.15) is 0 Å². The van der Waals surface area contributed by atoms with Crippen molar-refractivity contribution in [1.82, 2.24) is 4.57 Å². The molecule has 0 spiro atoms. The number of para-hydroxylation sites is 7. The van der Waals surface area contributed by atoms with Gasteiger partial charge in [0.15, 0.2) is 18.8 Å². The van der Waals surface area contributed by atoms with E-state index in [2.05, 4.69) is 154 Å². The zero-order valence-corrected chi connectivity index (χ0v) is 25.5. The monoisotopic (exact) mass is 601 g/mol. The van der Waals surface area contributed by atoms with Crippen LogP contribution in [-0.2, 0) is 0 Å². The third-order valence-electron chi connectivity index (χ3n) is 9.57. The molecular weight excluding hydrogens is 573 g/mol. The molecule has 1 N–H and O–H groups in total. The summed E-state index contributed by atoms with van der Waals surface area (Å²) in [5, 5.41) is 6.31. The van der Waals surface area contributed by atoms with Crippen LogP contribution in [0, 0.1) is 0 Å². The van der Waals surface area contributed by atoms with E-state index < -0.39 is 0 Å². The number of hydrogen-bond acceptors (Lipinski definition) is 3. The van der Waals surface area contributed by atoms with Gasteiger partial charge in [-0.15, -0.1) is 0 Å². The Hall–Kier alpha value is -6.20. The number of nitrogens with zero attached hydrogens (tertiary/aromatic N) is 2. The molecule has 0 aliphatic carbocycles. The van der Waals surface area contributed by atoms with E-state index in [4.69, 9.17) is 4.74 Å². The Balaban J connectivity index is 1.30. The van der Waals surface area contributed by atoms with Crippen LogP contribution in [0.2, 0.25) is 0 Å². The lowest BCUT2D eigenvalue weighted by atomic mass is 9.59. The quantitative estimate of drug-likeness (QED) is 0.204. The molecule has 0 unspecified atom stereocenters. The van der Waals surface area contributed by atoms with E-state index in [0.717, 1.165) is 52.8 Å². The van der Waals surface area contributed by atoms with Crippen LogP contribution in [0.15, 0.2) is 158 Å². The van der Waals surface area contributed by atoms with E-state index in [0.29, 0.717) is 0 Å². The van der Waals surface area contributed by atoms with Crippen molar-refractivity contribution in [1.29, 1.82) is 0 Å². The Morgan fingerprint density at radius 3 is 2.06 bits per heavy atom. The van der Waals surface area contributed by atoms with Crippen LogP contribution in [0.4, 0.5) is 28.4 Å². The topological polar surface area (TPSA) is 29.4 Å². The molecule has 0 saturated heterocycles. The number of fused-ring (bicyclic) bond motifs is 7. The summed E-state index contributed by atoms with van der Waals surface area (Å²) in [6.07, 6.45) is 0. The summed E-state index contributed by atoms with van der Waals surface area (Å²) in [6.45, 7) is 0. The molecule has 1 aromatic heterocycles. The molecule has 0 atom stereocenters. The van der Waals surface area contributed by atoms with Gasteiger partial charge in [0.2, 0.25) is 0 Å². The lowest BCUT2D eigenvalue weighted by Gasteiger charge is -2.31. The second-order valence-electron chi connectivity index (χ2n) is 12.2. The SMILES string of the molecule is B1c2c(-c3cccc4c3Nc3ccccc3O4)cc(N(c3ccccc3)c3ccccc3)cc2-n2c3ccccc3c3cccc1c32. The lowest BCUT2D eigenvalue weighted by Crippen LogP contribution is -2.37. The van der Waals surface area contributed by atoms with Crippen LogP contribution in [0.5, 0.6) is 11.5 Å². The van der Waals surface area contributed by atoms with E-state index in [1.807, 2.05) is 18.2 Å². The molecule has 2 aliphatic heterocycles. The number of hydrogen-bond donors (Lipinski definition) is 1. The van der Waals surface area contributed by atoms with E-state index in [-0.39, 0.29) is 0 Å². The number of aromatic nitrogens is 1. The largest absolute Gasteiger partial charge is 0.453 e. The van der Waals surface area contributed by atoms with Gasteiger partial charge in [-0.05, 0) is 71.7 Å². The molecule has 3 heterocycles. The molecule has 0 amide bonds. The Morgan fingerprint density at radius 2 is 1.23 bits per heavy atom. The lowest BCUT2D eigenvalue weighted by molar-refractivity contribution is 0.481. The minimum absolute atomic E-state index is 0.827. The van der Waals surface area contributed by atoms with Crippen LogP contribution in [0.3, 0.4) is 0 Å². The first-order valence-electron chi connectivity index (χ1n) is 16.1. The summed E-state index contributed by atoms with van der Waals surface area (Å²) < 4.78 is 8.96. The molecule has 7 aromatic carbocycles. The van der Waals surface area contributed by atoms with E-state index in [1.165, 1.54) is 44.0 Å². The fourth-order valence-corrected chi connectivity index (χ4v) is 7.55. The molecule has 220 valence electrons. The fourth-order valence-electron chi connectivity index (χ4n) is 7.55. The molecule has 2 aliphatic rings. The van der Waals surface area contributed by atoms with Crippen molar-refractivity contribution in [3.05, 3.63) is 158 Å². The molecule has 0 saturated carbocycles. The smallest absolute Gasteiger partial charge is 0.198 e. The first kappa shape index (κ1) is 26.1. The van der Waals surface area contributed by atoms with Gasteiger partial charge in [0, 0.05) is 44.6 Å². The molecule has 5 heteroatoms. The second-order valence-corrected chi connectivity index (χ2v) is 12.2. The highest BCUT2D eigenvalue weighted by Crippen LogP contribution is 2.48. The van der Waals surface area contributed by atoms with Crippen molar-refractivity contribution in [2.45, 2.75) is 0 Å². The van der Waals surface area contributed by atoms with E-state index in [1.54, 1.807) is 0 Å².